The number of benzene rings is 1. The molecule has 1 atom stereocenters. The van der Waals surface area contributed by atoms with E-state index in [-0.39, 0.29) is 18.0 Å². The summed E-state index contributed by atoms with van der Waals surface area (Å²) in [6, 6.07) is 13.6. The molecule has 6 heteroatoms. The lowest BCUT2D eigenvalue weighted by Crippen LogP contribution is -2.36. The molecular weight excluding hydrogens is 328 g/mol. The highest BCUT2D eigenvalue weighted by atomic mass is 16.2. The van der Waals surface area contributed by atoms with Crippen molar-refractivity contribution in [3.63, 3.8) is 0 Å². The van der Waals surface area contributed by atoms with Gasteiger partial charge in [-0.3, -0.25) is 9.59 Å². The van der Waals surface area contributed by atoms with E-state index in [9.17, 15) is 9.59 Å². The lowest BCUT2D eigenvalue weighted by molar-refractivity contribution is -0.122. The maximum absolute atomic E-state index is 12.3. The summed E-state index contributed by atoms with van der Waals surface area (Å²) in [5.41, 5.74) is 1.35. The first-order valence-electron chi connectivity index (χ1n) is 9.33. The molecule has 0 bridgehead atoms. The van der Waals surface area contributed by atoms with Gasteiger partial charge in [-0.15, -0.1) is 0 Å². The normalized spacial score (nSPS) is 20.2. The van der Waals surface area contributed by atoms with Gasteiger partial charge in [0.2, 0.25) is 5.91 Å². The van der Waals surface area contributed by atoms with Gasteiger partial charge in [-0.1, -0.05) is 30.3 Å². The van der Waals surface area contributed by atoms with E-state index >= 15 is 0 Å². The number of hydrogen-bond acceptors (Lipinski definition) is 4. The molecule has 26 heavy (non-hydrogen) atoms. The third-order valence-corrected chi connectivity index (χ3v) is 5.20. The van der Waals surface area contributed by atoms with Gasteiger partial charge in [-0.05, 0) is 37.8 Å². The van der Waals surface area contributed by atoms with Crippen molar-refractivity contribution < 1.29 is 4.79 Å². The quantitative estimate of drug-likeness (QED) is 0.856. The second-order valence-corrected chi connectivity index (χ2v) is 7.27. The summed E-state index contributed by atoms with van der Waals surface area (Å²) in [6.45, 7) is 2.85. The van der Waals surface area contributed by atoms with Crippen LogP contribution in [0.25, 0.3) is 11.3 Å². The first-order valence-corrected chi connectivity index (χ1v) is 9.33. The van der Waals surface area contributed by atoms with Crippen LogP contribution in [0.1, 0.15) is 19.3 Å². The van der Waals surface area contributed by atoms with Crippen LogP contribution in [0.15, 0.2) is 47.3 Å². The molecule has 2 fully saturated rings. The van der Waals surface area contributed by atoms with Gasteiger partial charge >= 0.3 is 0 Å². The number of hydrogen-bond donors (Lipinski definition) is 1. The molecule has 2 aromatic rings. The number of carbonyl (C=O) groups excluding carboxylic acids is 1. The summed E-state index contributed by atoms with van der Waals surface area (Å²) in [7, 11) is 0. The fourth-order valence-corrected chi connectivity index (χ4v) is 3.58. The van der Waals surface area contributed by atoms with Crippen molar-refractivity contribution in [2.45, 2.75) is 31.8 Å². The van der Waals surface area contributed by atoms with Gasteiger partial charge in [0.05, 0.1) is 5.69 Å². The van der Waals surface area contributed by atoms with Crippen molar-refractivity contribution in [3.05, 3.63) is 52.8 Å². The molecule has 4 rings (SSSR count). The number of aromatic nitrogens is 2. The Balaban J connectivity index is 1.34. The Kier molecular flexibility index (Phi) is 4.84. The summed E-state index contributed by atoms with van der Waals surface area (Å²) in [6.07, 6.45) is 3.79. The Morgan fingerprint density at radius 3 is 2.69 bits per heavy atom. The minimum Gasteiger partial charge on any atom is -0.354 e. The molecule has 136 valence electrons. The number of likely N-dealkylation sites (tertiary alicyclic amines) is 1. The van der Waals surface area contributed by atoms with Gasteiger partial charge in [0, 0.05) is 30.8 Å². The predicted octanol–water partition coefficient (Wildman–Crippen LogP) is 1.51. The zero-order chi connectivity index (χ0) is 17.9. The van der Waals surface area contributed by atoms with Crippen LogP contribution in [0, 0.1) is 5.92 Å². The van der Waals surface area contributed by atoms with E-state index in [0.717, 1.165) is 31.1 Å². The molecule has 6 nitrogen and oxygen atoms in total. The molecule has 2 aliphatic rings. The minimum absolute atomic E-state index is 0.0431. The SMILES string of the molecule is O=C(Cn1nc(-c2ccccc2)ccc1=O)NCC1CCN(C2CC2)C1. The molecule has 2 heterocycles. The highest BCUT2D eigenvalue weighted by molar-refractivity contribution is 5.75. The van der Waals surface area contributed by atoms with Crippen molar-refractivity contribution in [2.75, 3.05) is 19.6 Å². The van der Waals surface area contributed by atoms with Crippen LogP contribution in [0.2, 0.25) is 0 Å². The van der Waals surface area contributed by atoms with E-state index in [2.05, 4.69) is 15.3 Å². The molecule has 1 amide bonds. The zero-order valence-corrected chi connectivity index (χ0v) is 14.8. The Bertz CT molecular complexity index is 829. The molecule has 1 saturated heterocycles. The fourth-order valence-electron chi connectivity index (χ4n) is 3.58. The van der Waals surface area contributed by atoms with Crippen molar-refractivity contribution in [3.8, 4) is 11.3 Å². The highest BCUT2D eigenvalue weighted by Gasteiger charge is 2.34. The molecule has 1 saturated carbocycles. The molecule has 1 N–H and O–H groups in total. The van der Waals surface area contributed by atoms with Gasteiger partial charge in [-0.25, -0.2) is 4.68 Å². The molecule has 1 aromatic carbocycles. The second kappa shape index (κ2) is 7.41. The summed E-state index contributed by atoms with van der Waals surface area (Å²) in [5.74, 6) is 0.356. The fraction of sp³-hybridized carbons (Fsp3) is 0.450. The van der Waals surface area contributed by atoms with Crippen LogP contribution in [0.5, 0.6) is 0 Å². The molecule has 1 unspecified atom stereocenters. The van der Waals surface area contributed by atoms with Crippen molar-refractivity contribution in [2.24, 2.45) is 5.92 Å². The Hall–Kier alpha value is -2.47. The van der Waals surface area contributed by atoms with E-state index < -0.39 is 0 Å². The average molecular weight is 352 g/mol. The van der Waals surface area contributed by atoms with E-state index in [1.165, 1.54) is 23.6 Å². The summed E-state index contributed by atoms with van der Waals surface area (Å²) >= 11 is 0. The summed E-state index contributed by atoms with van der Waals surface area (Å²) in [4.78, 5) is 26.8. The van der Waals surface area contributed by atoms with Gasteiger partial charge in [0.1, 0.15) is 6.54 Å². The molecule has 0 spiro atoms. The molecule has 1 aliphatic heterocycles. The van der Waals surface area contributed by atoms with E-state index in [4.69, 9.17) is 0 Å². The van der Waals surface area contributed by atoms with Crippen LogP contribution in [0.4, 0.5) is 0 Å². The number of rotatable bonds is 6. The summed E-state index contributed by atoms with van der Waals surface area (Å²) < 4.78 is 1.24. The molecular formula is C20H24N4O2. The molecule has 1 aliphatic carbocycles. The first-order chi connectivity index (χ1) is 12.7. The maximum atomic E-state index is 12.3. The zero-order valence-electron chi connectivity index (χ0n) is 14.8. The number of carbonyl (C=O) groups is 1. The maximum Gasteiger partial charge on any atom is 0.267 e. The van der Waals surface area contributed by atoms with Crippen LogP contribution >= 0.6 is 0 Å². The van der Waals surface area contributed by atoms with Crippen LogP contribution < -0.4 is 10.9 Å². The van der Waals surface area contributed by atoms with Gasteiger partial charge < -0.3 is 10.2 Å². The Morgan fingerprint density at radius 2 is 1.92 bits per heavy atom. The van der Waals surface area contributed by atoms with E-state index in [1.54, 1.807) is 6.07 Å². The smallest absolute Gasteiger partial charge is 0.267 e. The van der Waals surface area contributed by atoms with Crippen LogP contribution in [-0.4, -0.2) is 46.3 Å². The third kappa shape index (κ3) is 4.02. The molecule has 1 aromatic heterocycles. The monoisotopic (exact) mass is 352 g/mol. The largest absolute Gasteiger partial charge is 0.354 e. The van der Waals surface area contributed by atoms with Crippen molar-refractivity contribution in [1.82, 2.24) is 20.0 Å². The lowest BCUT2D eigenvalue weighted by Gasteiger charge is -2.15. The number of nitrogens with zero attached hydrogens (tertiary/aromatic N) is 3. The lowest BCUT2D eigenvalue weighted by atomic mass is 10.1. The number of amides is 1. The van der Waals surface area contributed by atoms with Crippen molar-refractivity contribution in [1.29, 1.82) is 0 Å². The van der Waals surface area contributed by atoms with Crippen molar-refractivity contribution >= 4 is 5.91 Å². The van der Waals surface area contributed by atoms with Gasteiger partial charge in [-0.2, -0.15) is 5.10 Å². The van der Waals surface area contributed by atoms with Gasteiger partial charge in [0.15, 0.2) is 0 Å². The molecule has 0 radical (unpaired) electrons. The van der Waals surface area contributed by atoms with Gasteiger partial charge in [0.25, 0.3) is 5.56 Å². The third-order valence-electron chi connectivity index (χ3n) is 5.20. The standard InChI is InChI=1S/C20H24N4O2/c25-19(21-12-15-10-11-23(13-15)17-6-7-17)14-24-20(26)9-8-18(22-24)16-4-2-1-3-5-16/h1-5,8-9,15,17H,6-7,10-14H2,(H,21,25). The Labute approximate surface area is 152 Å². The second-order valence-electron chi connectivity index (χ2n) is 7.27. The highest BCUT2D eigenvalue weighted by Crippen LogP contribution is 2.31. The van der Waals surface area contributed by atoms with Crippen LogP contribution in [-0.2, 0) is 11.3 Å². The van der Waals surface area contributed by atoms with E-state index in [0.29, 0.717) is 18.2 Å². The average Bonchev–Trinajstić information content (AvgIpc) is 3.41. The minimum atomic E-state index is -0.263. The first kappa shape index (κ1) is 17.0. The Morgan fingerprint density at radius 1 is 1.12 bits per heavy atom. The number of nitrogens with one attached hydrogen (secondary N) is 1. The van der Waals surface area contributed by atoms with Crippen LogP contribution in [0.3, 0.4) is 0 Å². The van der Waals surface area contributed by atoms with E-state index in [1.807, 2.05) is 30.3 Å². The predicted molar refractivity (Wildman–Crippen MR) is 99.6 cm³/mol. The summed E-state index contributed by atoms with van der Waals surface area (Å²) in [5, 5.41) is 7.31. The topological polar surface area (TPSA) is 67.2 Å².